The van der Waals surface area contributed by atoms with E-state index in [1.807, 2.05) is 11.0 Å². The minimum Gasteiger partial charge on any atom is -0.465 e. The molecule has 0 bridgehead atoms. The van der Waals surface area contributed by atoms with Crippen LogP contribution in [0.25, 0.3) is 0 Å². The molecule has 2 heterocycles. The molecular weight excluding hydrogens is 436 g/mol. The number of rotatable bonds is 5. The third-order valence-corrected chi connectivity index (χ3v) is 7.64. The van der Waals surface area contributed by atoms with Crippen LogP contribution in [-0.4, -0.2) is 61.0 Å². The summed E-state index contributed by atoms with van der Waals surface area (Å²) in [6.07, 6.45) is 2.25. The van der Waals surface area contributed by atoms with Crippen molar-refractivity contribution in [1.82, 2.24) is 9.80 Å². The largest absolute Gasteiger partial charge is 0.465 e. The SMILES string of the molecule is COC(=O)c1ccccc1C(=O)N1C[C@@H](N2CCC(c3ccccc3)CC2)[C@H](c2ccccc2)C1. The number of esters is 1. The summed E-state index contributed by atoms with van der Waals surface area (Å²) in [6, 6.07) is 28.5. The number of carbonyl (C=O) groups is 2. The van der Waals surface area contributed by atoms with Gasteiger partial charge >= 0.3 is 5.97 Å². The van der Waals surface area contributed by atoms with Gasteiger partial charge in [0.05, 0.1) is 18.2 Å². The molecule has 5 heteroatoms. The monoisotopic (exact) mass is 468 g/mol. The van der Waals surface area contributed by atoms with Crippen molar-refractivity contribution in [3.8, 4) is 0 Å². The highest BCUT2D eigenvalue weighted by atomic mass is 16.5. The number of ether oxygens (including phenoxy) is 1. The van der Waals surface area contributed by atoms with Gasteiger partial charge in [0.1, 0.15) is 0 Å². The summed E-state index contributed by atoms with van der Waals surface area (Å²) >= 11 is 0. The molecule has 5 nitrogen and oxygen atoms in total. The Hall–Kier alpha value is -3.44. The standard InChI is InChI=1S/C30H32N2O3/c1-35-30(34)26-15-9-8-14-25(26)29(33)32-20-27(24-12-6-3-7-13-24)28(21-32)31-18-16-23(17-19-31)22-10-4-2-5-11-22/h2-15,23,27-28H,16-21H2,1H3/t27-,28+/m0/s1. The molecule has 180 valence electrons. The lowest BCUT2D eigenvalue weighted by atomic mass is 9.87. The van der Waals surface area contributed by atoms with Crippen LogP contribution in [0.1, 0.15) is 56.5 Å². The maximum absolute atomic E-state index is 13.6. The summed E-state index contributed by atoms with van der Waals surface area (Å²) in [5.74, 6) is 0.244. The van der Waals surface area contributed by atoms with Crippen molar-refractivity contribution in [2.24, 2.45) is 0 Å². The van der Waals surface area contributed by atoms with E-state index in [1.54, 1.807) is 24.3 Å². The highest BCUT2D eigenvalue weighted by Crippen LogP contribution is 2.36. The molecular formula is C30H32N2O3. The van der Waals surface area contributed by atoms with Crippen molar-refractivity contribution in [3.63, 3.8) is 0 Å². The van der Waals surface area contributed by atoms with Crippen LogP contribution in [0.3, 0.4) is 0 Å². The molecule has 0 unspecified atom stereocenters. The van der Waals surface area contributed by atoms with Crippen LogP contribution < -0.4 is 0 Å². The number of piperidine rings is 1. The third-order valence-electron chi connectivity index (χ3n) is 7.64. The average Bonchev–Trinajstić information content (AvgIpc) is 3.39. The molecule has 5 rings (SSSR count). The molecule has 1 amide bonds. The fourth-order valence-corrected chi connectivity index (χ4v) is 5.77. The molecule has 0 radical (unpaired) electrons. The Labute approximate surface area is 207 Å². The van der Waals surface area contributed by atoms with Crippen molar-refractivity contribution < 1.29 is 14.3 Å². The number of carbonyl (C=O) groups excluding carboxylic acids is 2. The zero-order chi connectivity index (χ0) is 24.2. The number of hydrogen-bond donors (Lipinski definition) is 0. The summed E-state index contributed by atoms with van der Waals surface area (Å²) in [5, 5.41) is 0. The van der Waals surface area contributed by atoms with Gasteiger partial charge in [0.2, 0.25) is 0 Å². The number of amides is 1. The number of nitrogens with zero attached hydrogens (tertiary/aromatic N) is 2. The highest BCUT2D eigenvalue weighted by Gasteiger charge is 2.41. The maximum atomic E-state index is 13.6. The lowest BCUT2D eigenvalue weighted by molar-refractivity contribution is 0.0591. The second-order valence-electron chi connectivity index (χ2n) is 9.55. The molecule has 0 spiro atoms. The van der Waals surface area contributed by atoms with E-state index in [9.17, 15) is 9.59 Å². The Bertz CT molecular complexity index is 1160. The van der Waals surface area contributed by atoms with Crippen molar-refractivity contribution in [2.75, 3.05) is 33.3 Å². The van der Waals surface area contributed by atoms with Crippen LogP contribution in [-0.2, 0) is 4.74 Å². The second-order valence-corrected chi connectivity index (χ2v) is 9.55. The number of likely N-dealkylation sites (tertiary alicyclic amines) is 2. The van der Waals surface area contributed by atoms with Gasteiger partial charge < -0.3 is 9.64 Å². The first-order valence-electron chi connectivity index (χ1n) is 12.5. The molecule has 35 heavy (non-hydrogen) atoms. The fourth-order valence-electron chi connectivity index (χ4n) is 5.77. The normalized spacial score (nSPS) is 21.1. The molecule has 3 aromatic carbocycles. The zero-order valence-electron chi connectivity index (χ0n) is 20.2. The molecule has 3 aromatic rings. The topological polar surface area (TPSA) is 49.9 Å². The molecule has 0 aromatic heterocycles. The van der Waals surface area contributed by atoms with Gasteiger partial charge in [-0.3, -0.25) is 9.69 Å². The average molecular weight is 469 g/mol. The van der Waals surface area contributed by atoms with Gasteiger partial charge in [0.15, 0.2) is 0 Å². The van der Waals surface area contributed by atoms with E-state index in [1.165, 1.54) is 18.2 Å². The first-order chi connectivity index (χ1) is 17.2. The summed E-state index contributed by atoms with van der Waals surface area (Å²) in [5.41, 5.74) is 3.42. The predicted octanol–water partition coefficient (Wildman–Crippen LogP) is 4.96. The van der Waals surface area contributed by atoms with Crippen LogP contribution in [0.2, 0.25) is 0 Å². The number of methoxy groups -OCH3 is 1. The van der Waals surface area contributed by atoms with Gasteiger partial charge in [-0.2, -0.15) is 0 Å². The molecule has 0 aliphatic carbocycles. The zero-order valence-corrected chi connectivity index (χ0v) is 20.2. The van der Waals surface area contributed by atoms with E-state index < -0.39 is 5.97 Å². The molecule has 2 fully saturated rings. The van der Waals surface area contributed by atoms with Gasteiger partial charge in [-0.15, -0.1) is 0 Å². The lowest BCUT2D eigenvalue weighted by Gasteiger charge is -2.38. The van der Waals surface area contributed by atoms with E-state index >= 15 is 0 Å². The van der Waals surface area contributed by atoms with Gasteiger partial charge in [-0.1, -0.05) is 72.8 Å². The minimum absolute atomic E-state index is 0.103. The van der Waals surface area contributed by atoms with Gasteiger partial charge in [-0.05, 0) is 55.1 Å². The molecule has 2 saturated heterocycles. The first-order valence-corrected chi connectivity index (χ1v) is 12.5. The van der Waals surface area contributed by atoms with E-state index in [0.717, 1.165) is 25.9 Å². The number of hydrogen-bond acceptors (Lipinski definition) is 4. The summed E-state index contributed by atoms with van der Waals surface area (Å²) in [4.78, 5) is 30.4. The van der Waals surface area contributed by atoms with Crippen LogP contribution in [0.15, 0.2) is 84.9 Å². The quantitative estimate of drug-likeness (QED) is 0.497. The second kappa shape index (κ2) is 10.4. The summed E-state index contributed by atoms with van der Waals surface area (Å²) in [7, 11) is 1.35. The van der Waals surface area contributed by atoms with Gasteiger partial charge in [-0.25, -0.2) is 4.79 Å². The van der Waals surface area contributed by atoms with Crippen LogP contribution in [0.4, 0.5) is 0 Å². The van der Waals surface area contributed by atoms with Crippen LogP contribution in [0.5, 0.6) is 0 Å². The Morgan fingerprint density at radius 1 is 0.743 bits per heavy atom. The van der Waals surface area contributed by atoms with Crippen molar-refractivity contribution in [2.45, 2.75) is 30.7 Å². The molecule has 0 N–H and O–H groups in total. The molecule has 0 saturated carbocycles. The molecule has 2 aliphatic heterocycles. The van der Waals surface area contributed by atoms with E-state index in [0.29, 0.717) is 30.1 Å². The Morgan fingerprint density at radius 3 is 1.94 bits per heavy atom. The van der Waals surface area contributed by atoms with E-state index in [-0.39, 0.29) is 17.9 Å². The van der Waals surface area contributed by atoms with Crippen molar-refractivity contribution >= 4 is 11.9 Å². The Kier molecular flexibility index (Phi) is 6.96. The number of benzene rings is 3. The summed E-state index contributed by atoms with van der Waals surface area (Å²) < 4.78 is 4.93. The Balaban J connectivity index is 1.37. The van der Waals surface area contributed by atoms with Crippen molar-refractivity contribution in [1.29, 1.82) is 0 Å². The maximum Gasteiger partial charge on any atom is 0.338 e. The predicted molar refractivity (Wildman–Crippen MR) is 137 cm³/mol. The minimum atomic E-state index is -0.479. The summed E-state index contributed by atoms with van der Waals surface area (Å²) in [6.45, 7) is 3.34. The first kappa shape index (κ1) is 23.3. The van der Waals surface area contributed by atoms with E-state index in [4.69, 9.17) is 4.74 Å². The lowest BCUT2D eigenvalue weighted by Crippen LogP contribution is -2.45. The van der Waals surface area contributed by atoms with E-state index in [2.05, 4.69) is 59.5 Å². The third kappa shape index (κ3) is 4.87. The highest BCUT2D eigenvalue weighted by molar-refractivity contribution is 6.05. The fraction of sp³-hybridized carbons (Fsp3) is 0.333. The van der Waals surface area contributed by atoms with Crippen LogP contribution >= 0.6 is 0 Å². The smallest absolute Gasteiger partial charge is 0.338 e. The van der Waals surface area contributed by atoms with Crippen molar-refractivity contribution in [3.05, 3.63) is 107 Å². The van der Waals surface area contributed by atoms with Crippen LogP contribution in [0, 0.1) is 0 Å². The van der Waals surface area contributed by atoms with Gasteiger partial charge in [0.25, 0.3) is 5.91 Å². The molecule has 2 atom stereocenters. The Morgan fingerprint density at radius 2 is 1.31 bits per heavy atom. The van der Waals surface area contributed by atoms with Gasteiger partial charge in [0, 0.05) is 25.0 Å². The molecule has 2 aliphatic rings.